The Hall–Kier alpha value is -1.91. The van der Waals surface area contributed by atoms with Crippen LogP contribution in [0, 0.1) is 0 Å². The summed E-state index contributed by atoms with van der Waals surface area (Å²) >= 11 is 0. The molecule has 2 fully saturated rings. The van der Waals surface area contributed by atoms with E-state index in [9.17, 15) is 4.79 Å². The van der Waals surface area contributed by atoms with Gasteiger partial charge in [0.15, 0.2) is 5.96 Å². The van der Waals surface area contributed by atoms with Gasteiger partial charge < -0.3 is 19.9 Å². The van der Waals surface area contributed by atoms with Crippen LogP contribution in [0.25, 0.3) is 10.8 Å². The van der Waals surface area contributed by atoms with Gasteiger partial charge in [-0.25, -0.2) is 0 Å². The molecule has 2 aliphatic heterocycles. The zero-order valence-electron chi connectivity index (χ0n) is 18.1. The van der Waals surface area contributed by atoms with Crippen LogP contribution in [0.1, 0.15) is 5.56 Å². The lowest BCUT2D eigenvalue weighted by Crippen LogP contribution is -2.54. The summed E-state index contributed by atoms with van der Waals surface area (Å²) in [6.45, 7) is 7.44. The molecule has 8 heteroatoms. The number of benzene rings is 2. The van der Waals surface area contributed by atoms with Gasteiger partial charge in [-0.3, -0.25) is 14.7 Å². The summed E-state index contributed by atoms with van der Waals surface area (Å²) in [6, 6.07) is 15.0. The van der Waals surface area contributed by atoms with Crippen LogP contribution in [0.4, 0.5) is 0 Å². The molecule has 0 radical (unpaired) electrons. The van der Waals surface area contributed by atoms with Gasteiger partial charge in [0, 0.05) is 52.9 Å². The van der Waals surface area contributed by atoms with Crippen molar-refractivity contribution in [3.05, 3.63) is 48.0 Å². The Balaban J connectivity index is 0.00000272. The van der Waals surface area contributed by atoms with E-state index < -0.39 is 0 Å². The molecule has 31 heavy (non-hydrogen) atoms. The summed E-state index contributed by atoms with van der Waals surface area (Å²) in [4.78, 5) is 23.4. The summed E-state index contributed by atoms with van der Waals surface area (Å²) in [6.07, 6.45) is 0. The van der Waals surface area contributed by atoms with E-state index in [4.69, 9.17) is 4.74 Å². The fraction of sp³-hybridized carbons (Fsp3) is 0.478. The Kier molecular flexibility index (Phi) is 8.91. The lowest BCUT2D eigenvalue weighted by Gasteiger charge is -2.37. The molecule has 0 unspecified atom stereocenters. The molecule has 7 nitrogen and oxygen atoms in total. The molecule has 0 saturated carbocycles. The van der Waals surface area contributed by atoms with Crippen LogP contribution in [-0.4, -0.2) is 92.6 Å². The van der Waals surface area contributed by atoms with Crippen LogP contribution in [0.5, 0.6) is 0 Å². The van der Waals surface area contributed by atoms with E-state index in [-0.39, 0.29) is 29.9 Å². The lowest BCUT2D eigenvalue weighted by molar-refractivity contribution is -0.136. The summed E-state index contributed by atoms with van der Waals surface area (Å²) in [7, 11) is 1.83. The van der Waals surface area contributed by atoms with Crippen LogP contribution in [-0.2, 0) is 16.1 Å². The number of nitrogens with zero attached hydrogens (tertiary/aromatic N) is 4. The smallest absolute Gasteiger partial charge is 0.236 e. The number of halogens is 1. The molecule has 1 N–H and O–H groups in total. The second-order valence-corrected chi connectivity index (χ2v) is 7.84. The molecular weight excluding hydrogens is 505 g/mol. The highest BCUT2D eigenvalue weighted by Gasteiger charge is 2.24. The van der Waals surface area contributed by atoms with E-state index in [1.54, 1.807) is 0 Å². The third kappa shape index (κ3) is 6.30. The highest BCUT2D eigenvalue weighted by molar-refractivity contribution is 14.0. The number of guanidine groups is 1. The first kappa shape index (κ1) is 23.7. The highest BCUT2D eigenvalue weighted by Crippen LogP contribution is 2.15. The molecule has 0 spiro atoms. The minimum atomic E-state index is 0. The van der Waals surface area contributed by atoms with Gasteiger partial charge in [-0.2, -0.15) is 0 Å². The summed E-state index contributed by atoms with van der Waals surface area (Å²) in [5.74, 6) is 1.13. The molecule has 2 aromatic carbocycles. The van der Waals surface area contributed by atoms with Gasteiger partial charge in [-0.1, -0.05) is 36.4 Å². The SMILES string of the molecule is CN=C(NCc1ccc2ccccc2c1)N1CCN(CC(=O)N2CCOCC2)CC1.I. The molecule has 2 heterocycles. The average molecular weight is 537 g/mol. The van der Waals surface area contributed by atoms with E-state index in [0.29, 0.717) is 32.8 Å². The first-order chi connectivity index (χ1) is 14.7. The monoisotopic (exact) mass is 537 g/mol. The minimum absolute atomic E-state index is 0. The molecular formula is C23H32IN5O2. The van der Waals surface area contributed by atoms with Crippen molar-refractivity contribution >= 4 is 46.6 Å². The van der Waals surface area contributed by atoms with Crippen molar-refractivity contribution in [1.82, 2.24) is 20.0 Å². The third-order valence-electron chi connectivity index (χ3n) is 5.87. The van der Waals surface area contributed by atoms with Crippen LogP contribution < -0.4 is 5.32 Å². The maximum absolute atomic E-state index is 12.5. The normalized spacial score (nSPS) is 18.0. The number of aliphatic imine (C=N–C) groups is 1. The topological polar surface area (TPSA) is 60.4 Å². The Morgan fingerprint density at radius 1 is 0.968 bits per heavy atom. The van der Waals surface area contributed by atoms with Crippen molar-refractivity contribution in [2.24, 2.45) is 4.99 Å². The summed E-state index contributed by atoms with van der Waals surface area (Å²) in [5, 5.41) is 6.01. The average Bonchev–Trinajstić information content (AvgIpc) is 2.81. The van der Waals surface area contributed by atoms with Gasteiger partial charge in [0.1, 0.15) is 0 Å². The third-order valence-corrected chi connectivity index (χ3v) is 5.87. The molecule has 168 valence electrons. The molecule has 2 aromatic rings. The Bertz CT molecular complexity index is 892. The van der Waals surface area contributed by atoms with Gasteiger partial charge in [0.05, 0.1) is 19.8 Å². The van der Waals surface area contributed by atoms with Crippen molar-refractivity contribution in [2.75, 3.05) is 66.1 Å². The minimum Gasteiger partial charge on any atom is -0.378 e. The van der Waals surface area contributed by atoms with Crippen molar-refractivity contribution in [3.63, 3.8) is 0 Å². The zero-order valence-corrected chi connectivity index (χ0v) is 20.5. The Labute approximate surface area is 201 Å². The van der Waals surface area contributed by atoms with Gasteiger partial charge in [0.25, 0.3) is 0 Å². The molecule has 2 aliphatic rings. The second kappa shape index (κ2) is 11.6. The number of hydrogen-bond acceptors (Lipinski definition) is 4. The van der Waals surface area contributed by atoms with Gasteiger partial charge in [-0.05, 0) is 22.4 Å². The summed E-state index contributed by atoms with van der Waals surface area (Å²) < 4.78 is 5.33. The van der Waals surface area contributed by atoms with E-state index >= 15 is 0 Å². The molecule has 0 aromatic heterocycles. The molecule has 0 atom stereocenters. The number of amides is 1. The van der Waals surface area contributed by atoms with E-state index in [1.807, 2.05) is 11.9 Å². The van der Waals surface area contributed by atoms with Crippen LogP contribution in [0.15, 0.2) is 47.5 Å². The quantitative estimate of drug-likeness (QED) is 0.368. The van der Waals surface area contributed by atoms with Crippen LogP contribution in [0.2, 0.25) is 0 Å². The standard InChI is InChI=1S/C23H31N5O2.HI/c1-24-23(25-17-19-6-7-20-4-2-3-5-21(20)16-19)28-10-8-26(9-11-28)18-22(29)27-12-14-30-15-13-27;/h2-7,16H,8-15,17-18H2,1H3,(H,24,25);1H. The van der Waals surface area contributed by atoms with Gasteiger partial charge in [0.2, 0.25) is 5.91 Å². The summed E-state index contributed by atoms with van der Waals surface area (Å²) in [5.41, 5.74) is 1.24. The number of morpholine rings is 1. The zero-order chi connectivity index (χ0) is 20.8. The van der Waals surface area contributed by atoms with Crippen LogP contribution >= 0.6 is 24.0 Å². The van der Waals surface area contributed by atoms with Crippen molar-refractivity contribution in [2.45, 2.75) is 6.54 Å². The number of nitrogens with one attached hydrogen (secondary N) is 1. The lowest BCUT2D eigenvalue weighted by atomic mass is 10.1. The maximum atomic E-state index is 12.5. The predicted octanol–water partition coefficient (Wildman–Crippen LogP) is 2.01. The van der Waals surface area contributed by atoms with E-state index in [1.165, 1.54) is 16.3 Å². The van der Waals surface area contributed by atoms with Crippen molar-refractivity contribution in [1.29, 1.82) is 0 Å². The van der Waals surface area contributed by atoms with E-state index in [0.717, 1.165) is 38.7 Å². The first-order valence-electron chi connectivity index (χ1n) is 10.7. The fourth-order valence-corrected chi connectivity index (χ4v) is 4.08. The molecule has 0 aliphatic carbocycles. The number of rotatable bonds is 4. The number of ether oxygens (including phenoxy) is 1. The number of hydrogen-bond donors (Lipinski definition) is 1. The number of carbonyl (C=O) groups is 1. The maximum Gasteiger partial charge on any atom is 0.236 e. The van der Waals surface area contributed by atoms with Gasteiger partial charge >= 0.3 is 0 Å². The Morgan fingerprint density at radius 3 is 2.39 bits per heavy atom. The highest BCUT2D eigenvalue weighted by atomic mass is 127. The number of fused-ring (bicyclic) bond motifs is 1. The number of carbonyl (C=O) groups excluding carboxylic acids is 1. The molecule has 2 saturated heterocycles. The Morgan fingerprint density at radius 2 is 1.68 bits per heavy atom. The van der Waals surface area contributed by atoms with Gasteiger partial charge in [-0.15, -0.1) is 24.0 Å². The fourth-order valence-electron chi connectivity index (χ4n) is 4.08. The number of piperazine rings is 1. The van der Waals surface area contributed by atoms with Crippen LogP contribution in [0.3, 0.4) is 0 Å². The predicted molar refractivity (Wildman–Crippen MR) is 135 cm³/mol. The molecule has 4 rings (SSSR count). The van der Waals surface area contributed by atoms with E-state index in [2.05, 4.69) is 62.6 Å². The first-order valence-corrected chi connectivity index (χ1v) is 10.7. The van der Waals surface area contributed by atoms with Crippen molar-refractivity contribution < 1.29 is 9.53 Å². The molecule has 1 amide bonds. The molecule has 0 bridgehead atoms. The second-order valence-electron chi connectivity index (χ2n) is 7.84. The largest absolute Gasteiger partial charge is 0.378 e. The van der Waals surface area contributed by atoms with Crippen molar-refractivity contribution in [3.8, 4) is 0 Å².